The largest absolute Gasteiger partial charge is 0.340 e. The van der Waals surface area contributed by atoms with Gasteiger partial charge in [-0.25, -0.2) is 4.79 Å². The number of H-pyrrole nitrogens is 1. The molecule has 0 unspecified atom stereocenters. The molecule has 4 rings (SSSR count). The molecule has 140 valence electrons. The molecule has 1 fully saturated rings. The fourth-order valence-electron chi connectivity index (χ4n) is 2.80. The second kappa shape index (κ2) is 7.98. The lowest BCUT2D eigenvalue weighted by Crippen LogP contribution is -2.27. The van der Waals surface area contributed by atoms with Gasteiger partial charge in [0.25, 0.3) is 5.91 Å². The highest BCUT2D eigenvalue weighted by molar-refractivity contribution is 7.13. The Balaban J connectivity index is 1.31. The van der Waals surface area contributed by atoms with Crippen LogP contribution in [0.3, 0.4) is 0 Å². The first-order chi connectivity index (χ1) is 13.7. The topological polar surface area (TPSA) is 90.1 Å². The van der Waals surface area contributed by atoms with Gasteiger partial charge in [-0.15, -0.1) is 11.3 Å². The number of thiophene rings is 1. The number of benzene rings is 1. The average Bonchev–Trinajstić information content (AvgIpc) is 3.46. The van der Waals surface area contributed by atoms with E-state index in [1.807, 2.05) is 41.8 Å². The number of carbonyl (C=O) groups is 2. The summed E-state index contributed by atoms with van der Waals surface area (Å²) in [7, 11) is 0. The van der Waals surface area contributed by atoms with E-state index in [1.54, 1.807) is 22.3 Å². The van der Waals surface area contributed by atoms with Gasteiger partial charge in [0.05, 0.1) is 17.1 Å². The van der Waals surface area contributed by atoms with Gasteiger partial charge in [-0.2, -0.15) is 5.10 Å². The number of carbonyl (C=O) groups excluding carboxylic acids is 2. The summed E-state index contributed by atoms with van der Waals surface area (Å²) in [5.74, 6) is 5.65. The Labute approximate surface area is 165 Å². The molecule has 7 nitrogen and oxygen atoms in total. The van der Waals surface area contributed by atoms with Crippen LogP contribution >= 0.6 is 11.3 Å². The van der Waals surface area contributed by atoms with Crippen molar-refractivity contribution in [3.05, 3.63) is 59.1 Å². The molecular formula is C20H17N5O2S. The van der Waals surface area contributed by atoms with E-state index in [9.17, 15) is 9.59 Å². The zero-order valence-corrected chi connectivity index (χ0v) is 15.7. The number of hydrogen-bond donors (Lipinski definition) is 3. The summed E-state index contributed by atoms with van der Waals surface area (Å²) in [6.45, 7) is 1.54. The second-order valence-electron chi connectivity index (χ2n) is 6.06. The van der Waals surface area contributed by atoms with Gasteiger partial charge in [-0.3, -0.25) is 14.8 Å². The van der Waals surface area contributed by atoms with Crippen LogP contribution in [0.2, 0.25) is 0 Å². The maximum atomic E-state index is 12.2. The van der Waals surface area contributed by atoms with Crippen LogP contribution in [0.4, 0.5) is 10.5 Å². The van der Waals surface area contributed by atoms with E-state index in [2.05, 4.69) is 32.7 Å². The number of aromatic amines is 1. The van der Waals surface area contributed by atoms with E-state index in [-0.39, 0.29) is 18.5 Å². The number of hydrogen-bond acceptors (Lipinski definition) is 4. The van der Waals surface area contributed by atoms with E-state index in [1.165, 1.54) is 0 Å². The van der Waals surface area contributed by atoms with Crippen molar-refractivity contribution in [3.8, 4) is 22.4 Å². The number of rotatable bonds is 4. The third-order valence-electron chi connectivity index (χ3n) is 4.20. The molecule has 3 aromatic rings. The first-order valence-corrected chi connectivity index (χ1v) is 9.60. The Morgan fingerprint density at radius 2 is 2.14 bits per heavy atom. The molecule has 2 aromatic heterocycles. The Kier molecular flexibility index (Phi) is 5.08. The molecule has 3 amide bonds. The SMILES string of the molecule is O=C(NCC#Cc1ccc(N2CCNC2=O)cc1)c1cc(-c2cccs2)[nH]n1. The normalized spacial score (nSPS) is 13.0. The van der Waals surface area contributed by atoms with Crippen molar-refractivity contribution in [2.75, 3.05) is 24.5 Å². The van der Waals surface area contributed by atoms with Crippen LogP contribution in [0.15, 0.2) is 47.8 Å². The number of nitrogens with one attached hydrogen (secondary N) is 3. The average molecular weight is 391 g/mol. The predicted molar refractivity (Wildman–Crippen MR) is 108 cm³/mol. The van der Waals surface area contributed by atoms with Gasteiger partial charge in [-0.1, -0.05) is 17.9 Å². The van der Waals surface area contributed by atoms with E-state index in [0.717, 1.165) is 21.8 Å². The molecule has 28 heavy (non-hydrogen) atoms. The molecule has 0 atom stereocenters. The van der Waals surface area contributed by atoms with Gasteiger partial charge in [0, 0.05) is 24.3 Å². The van der Waals surface area contributed by atoms with E-state index < -0.39 is 0 Å². The number of amides is 3. The predicted octanol–water partition coefficient (Wildman–Crippen LogP) is 2.45. The number of urea groups is 1. The Hall–Kier alpha value is -3.57. The van der Waals surface area contributed by atoms with Crippen LogP contribution in [0, 0.1) is 11.8 Å². The van der Waals surface area contributed by atoms with Crippen LogP contribution < -0.4 is 15.5 Å². The molecule has 3 heterocycles. The van der Waals surface area contributed by atoms with Crippen molar-refractivity contribution >= 4 is 29.0 Å². The summed E-state index contributed by atoms with van der Waals surface area (Å²) in [6.07, 6.45) is 0. The summed E-state index contributed by atoms with van der Waals surface area (Å²) >= 11 is 1.58. The van der Waals surface area contributed by atoms with Crippen molar-refractivity contribution in [2.24, 2.45) is 0 Å². The van der Waals surface area contributed by atoms with Crippen LogP contribution in [-0.4, -0.2) is 41.8 Å². The highest BCUT2D eigenvalue weighted by Gasteiger charge is 2.20. The smallest absolute Gasteiger partial charge is 0.321 e. The summed E-state index contributed by atoms with van der Waals surface area (Å²) in [4.78, 5) is 26.5. The van der Waals surface area contributed by atoms with Crippen molar-refractivity contribution < 1.29 is 9.59 Å². The Morgan fingerprint density at radius 3 is 2.86 bits per heavy atom. The highest BCUT2D eigenvalue weighted by Crippen LogP contribution is 2.22. The first-order valence-electron chi connectivity index (χ1n) is 8.72. The van der Waals surface area contributed by atoms with Crippen molar-refractivity contribution in [1.29, 1.82) is 0 Å². The molecule has 1 saturated heterocycles. The molecule has 0 bridgehead atoms. The fraction of sp³-hybridized carbons (Fsp3) is 0.150. The zero-order valence-electron chi connectivity index (χ0n) is 14.9. The fourth-order valence-corrected chi connectivity index (χ4v) is 3.49. The summed E-state index contributed by atoms with van der Waals surface area (Å²) in [5, 5.41) is 14.4. The summed E-state index contributed by atoms with van der Waals surface area (Å²) in [6, 6.07) is 13.0. The molecule has 8 heteroatoms. The van der Waals surface area contributed by atoms with Gasteiger partial charge < -0.3 is 10.6 Å². The number of anilines is 1. The van der Waals surface area contributed by atoms with Gasteiger partial charge >= 0.3 is 6.03 Å². The van der Waals surface area contributed by atoms with Crippen LogP contribution in [0.1, 0.15) is 16.1 Å². The van der Waals surface area contributed by atoms with Gasteiger partial charge in [-0.05, 0) is 41.8 Å². The van der Waals surface area contributed by atoms with E-state index in [0.29, 0.717) is 18.8 Å². The van der Waals surface area contributed by atoms with Gasteiger partial charge in [0.2, 0.25) is 0 Å². The van der Waals surface area contributed by atoms with E-state index >= 15 is 0 Å². The zero-order chi connectivity index (χ0) is 19.3. The van der Waals surface area contributed by atoms with Crippen LogP contribution in [0.5, 0.6) is 0 Å². The second-order valence-corrected chi connectivity index (χ2v) is 7.01. The summed E-state index contributed by atoms with van der Waals surface area (Å²) < 4.78 is 0. The number of aromatic nitrogens is 2. The lowest BCUT2D eigenvalue weighted by Gasteiger charge is -2.13. The maximum absolute atomic E-state index is 12.2. The van der Waals surface area contributed by atoms with Gasteiger partial charge in [0.1, 0.15) is 0 Å². The summed E-state index contributed by atoms with van der Waals surface area (Å²) in [5.41, 5.74) is 2.81. The Morgan fingerprint density at radius 1 is 1.29 bits per heavy atom. The first kappa shape index (κ1) is 17.8. The third-order valence-corrected chi connectivity index (χ3v) is 5.11. The van der Waals surface area contributed by atoms with Crippen molar-refractivity contribution in [2.45, 2.75) is 0 Å². The quantitative estimate of drug-likeness (QED) is 0.597. The number of nitrogens with zero attached hydrogens (tertiary/aromatic N) is 2. The minimum atomic E-state index is -0.274. The molecule has 0 spiro atoms. The standard InChI is InChI=1S/C20H17N5O2S/c26-19(17-13-16(23-24-17)18-4-2-12-28-18)21-9-1-3-14-5-7-15(8-6-14)25-11-10-22-20(25)27/h2,4-8,12-13H,9-11H2,(H,21,26)(H,22,27)(H,23,24). The molecule has 1 aliphatic heterocycles. The Bertz CT molecular complexity index is 1040. The molecule has 1 aliphatic rings. The maximum Gasteiger partial charge on any atom is 0.321 e. The lowest BCUT2D eigenvalue weighted by molar-refractivity contribution is 0.0953. The minimum absolute atomic E-state index is 0.0813. The van der Waals surface area contributed by atoms with E-state index in [4.69, 9.17) is 0 Å². The van der Waals surface area contributed by atoms with Crippen LogP contribution in [-0.2, 0) is 0 Å². The highest BCUT2D eigenvalue weighted by atomic mass is 32.1. The van der Waals surface area contributed by atoms with Gasteiger partial charge in [0.15, 0.2) is 5.69 Å². The van der Waals surface area contributed by atoms with Crippen molar-refractivity contribution in [1.82, 2.24) is 20.8 Å². The van der Waals surface area contributed by atoms with Crippen molar-refractivity contribution in [3.63, 3.8) is 0 Å². The molecular weight excluding hydrogens is 374 g/mol. The monoisotopic (exact) mass is 391 g/mol. The molecule has 0 saturated carbocycles. The molecule has 1 aromatic carbocycles. The molecule has 0 radical (unpaired) electrons. The molecule has 0 aliphatic carbocycles. The van der Waals surface area contributed by atoms with Crippen LogP contribution in [0.25, 0.3) is 10.6 Å². The minimum Gasteiger partial charge on any atom is -0.340 e. The lowest BCUT2D eigenvalue weighted by atomic mass is 10.2. The third kappa shape index (κ3) is 3.89. The molecule has 3 N–H and O–H groups in total.